The highest BCUT2D eigenvalue weighted by atomic mass is 32.1. The van der Waals surface area contributed by atoms with Crippen molar-refractivity contribution in [3.05, 3.63) is 39.3 Å². The van der Waals surface area contributed by atoms with Gasteiger partial charge in [0.15, 0.2) is 0 Å². The van der Waals surface area contributed by atoms with Crippen molar-refractivity contribution < 1.29 is 14.3 Å². The van der Waals surface area contributed by atoms with Crippen LogP contribution in [0.5, 0.6) is 0 Å². The number of aryl methyl sites for hydroxylation is 1. The molecule has 8 heteroatoms. The van der Waals surface area contributed by atoms with Crippen molar-refractivity contribution in [1.82, 2.24) is 20.0 Å². The largest absolute Gasteiger partial charge is 0.369 e. The zero-order chi connectivity index (χ0) is 19.0. The van der Waals surface area contributed by atoms with Gasteiger partial charge in [0.2, 0.25) is 5.91 Å². The van der Waals surface area contributed by atoms with Crippen molar-refractivity contribution >= 4 is 23.2 Å². The van der Waals surface area contributed by atoms with Gasteiger partial charge < -0.3 is 15.0 Å². The van der Waals surface area contributed by atoms with Crippen LogP contribution < -0.4 is 5.32 Å². The molecule has 2 amide bonds. The molecule has 27 heavy (non-hydrogen) atoms. The van der Waals surface area contributed by atoms with Gasteiger partial charge in [-0.05, 0) is 30.9 Å². The molecule has 0 aromatic carbocycles. The lowest BCUT2D eigenvalue weighted by Gasteiger charge is -2.43. The minimum Gasteiger partial charge on any atom is -0.369 e. The Bertz CT molecular complexity index is 864. The third-order valence-corrected chi connectivity index (χ3v) is 6.79. The fourth-order valence-electron chi connectivity index (χ4n) is 3.92. The van der Waals surface area contributed by atoms with Gasteiger partial charge in [-0.1, -0.05) is 0 Å². The summed E-state index contributed by atoms with van der Waals surface area (Å²) < 4.78 is 7.94. The van der Waals surface area contributed by atoms with Crippen LogP contribution in [-0.2, 0) is 35.1 Å². The molecule has 144 valence electrons. The first-order valence-electron chi connectivity index (χ1n) is 9.25. The molecule has 1 N–H and O–H groups in total. The van der Waals surface area contributed by atoms with E-state index in [0.29, 0.717) is 26.2 Å². The Labute approximate surface area is 162 Å². The van der Waals surface area contributed by atoms with Crippen molar-refractivity contribution in [3.63, 3.8) is 0 Å². The van der Waals surface area contributed by atoms with Gasteiger partial charge in [0.25, 0.3) is 5.91 Å². The van der Waals surface area contributed by atoms with E-state index in [1.165, 1.54) is 21.8 Å². The fraction of sp³-hybridized carbons (Fsp3) is 0.526. The number of nitrogens with zero attached hydrogens (tertiary/aromatic N) is 3. The zero-order valence-electron chi connectivity index (χ0n) is 15.7. The second-order valence-corrected chi connectivity index (χ2v) is 8.32. The highest BCUT2D eigenvalue weighted by molar-refractivity contribution is 7.14. The van der Waals surface area contributed by atoms with Gasteiger partial charge >= 0.3 is 0 Å². The lowest BCUT2D eigenvalue weighted by Crippen LogP contribution is -2.47. The number of hydrogen-bond donors (Lipinski definition) is 1. The van der Waals surface area contributed by atoms with Crippen molar-refractivity contribution in [1.29, 1.82) is 0 Å². The molecule has 1 fully saturated rings. The Morgan fingerprint density at radius 2 is 2.15 bits per heavy atom. The number of carbonyl (C=O) groups excluding carboxylic acids is 2. The molecule has 0 aliphatic carbocycles. The smallest absolute Gasteiger partial charge is 0.261 e. The number of carbonyl (C=O) groups is 2. The molecule has 2 aromatic rings. The number of rotatable bonds is 3. The van der Waals surface area contributed by atoms with Gasteiger partial charge in [0.05, 0.1) is 17.7 Å². The first-order chi connectivity index (χ1) is 13.0. The van der Waals surface area contributed by atoms with Crippen LogP contribution in [0.25, 0.3) is 0 Å². The third-order valence-electron chi connectivity index (χ3n) is 5.42. The average Bonchev–Trinajstić information content (AvgIpc) is 3.27. The van der Waals surface area contributed by atoms with Crippen LogP contribution in [0.4, 0.5) is 0 Å². The van der Waals surface area contributed by atoms with E-state index in [9.17, 15) is 9.59 Å². The molecule has 0 unspecified atom stereocenters. The van der Waals surface area contributed by atoms with Crippen molar-refractivity contribution in [2.45, 2.75) is 38.3 Å². The molecular weight excluding hydrogens is 364 g/mol. The minimum atomic E-state index is -0.341. The average molecular weight is 388 g/mol. The zero-order valence-corrected chi connectivity index (χ0v) is 16.5. The predicted molar refractivity (Wildman–Crippen MR) is 102 cm³/mol. The second kappa shape index (κ2) is 7.09. The Hall–Kier alpha value is -2.19. The van der Waals surface area contributed by atoms with E-state index in [0.717, 1.165) is 29.7 Å². The number of thiophene rings is 1. The van der Waals surface area contributed by atoms with Crippen LogP contribution in [0, 0.1) is 0 Å². The molecule has 0 saturated carbocycles. The summed E-state index contributed by atoms with van der Waals surface area (Å²) in [6.07, 6.45) is 6.06. The van der Waals surface area contributed by atoms with E-state index in [2.05, 4.69) is 10.4 Å². The summed E-state index contributed by atoms with van der Waals surface area (Å²) in [4.78, 5) is 28.0. The van der Waals surface area contributed by atoms with Gasteiger partial charge in [0.1, 0.15) is 5.60 Å². The number of ether oxygens (including phenoxy) is 1. The van der Waals surface area contributed by atoms with Gasteiger partial charge in [-0.25, -0.2) is 0 Å². The lowest BCUT2D eigenvalue weighted by atomic mass is 9.85. The summed E-state index contributed by atoms with van der Waals surface area (Å²) in [6.45, 7) is 4.15. The maximum absolute atomic E-state index is 12.6. The van der Waals surface area contributed by atoms with Crippen molar-refractivity contribution in [2.24, 2.45) is 7.05 Å². The summed E-state index contributed by atoms with van der Waals surface area (Å²) in [5.41, 5.74) is 1.85. The van der Waals surface area contributed by atoms with Crippen molar-refractivity contribution in [3.8, 4) is 0 Å². The highest BCUT2D eigenvalue weighted by Crippen LogP contribution is 2.45. The normalized spacial score (nSPS) is 18.4. The summed E-state index contributed by atoms with van der Waals surface area (Å²) >= 11 is 1.54. The van der Waals surface area contributed by atoms with E-state index < -0.39 is 0 Å². The molecule has 4 heterocycles. The summed E-state index contributed by atoms with van der Waals surface area (Å²) in [6, 6.07) is 2.01. The molecule has 2 aliphatic heterocycles. The van der Waals surface area contributed by atoms with Crippen LogP contribution in [0.1, 0.15) is 45.4 Å². The number of nitrogens with one attached hydrogen (secondary N) is 1. The molecule has 0 radical (unpaired) electrons. The number of fused-ring (bicyclic) bond motifs is 2. The van der Waals surface area contributed by atoms with Crippen LogP contribution >= 0.6 is 11.3 Å². The number of hydrogen-bond acceptors (Lipinski definition) is 5. The van der Waals surface area contributed by atoms with Crippen molar-refractivity contribution in [2.75, 3.05) is 19.7 Å². The third kappa shape index (κ3) is 3.51. The molecule has 1 spiro atoms. The molecule has 7 nitrogen and oxygen atoms in total. The predicted octanol–water partition coefficient (Wildman–Crippen LogP) is 1.82. The Kier molecular flexibility index (Phi) is 4.77. The van der Waals surface area contributed by atoms with Gasteiger partial charge in [0, 0.05) is 50.2 Å². The molecule has 2 aromatic heterocycles. The maximum atomic E-state index is 12.6. The van der Waals surface area contributed by atoms with E-state index in [1.807, 2.05) is 24.2 Å². The van der Waals surface area contributed by atoms with Gasteiger partial charge in [-0.15, -0.1) is 11.3 Å². The van der Waals surface area contributed by atoms with E-state index in [4.69, 9.17) is 4.74 Å². The number of likely N-dealkylation sites (tertiary alicyclic amines) is 1. The number of piperidine rings is 1. The molecule has 1 saturated heterocycles. The summed E-state index contributed by atoms with van der Waals surface area (Å²) in [7, 11) is 1.86. The Morgan fingerprint density at radius 1 is 1.37 bits per heavy atom. The molecule has 0 bridgehead atoms. The lowest BCUT2D eigenvalue weighted by molar-refractivity contribution is -0.138. The Balaban J connectivity index is 1.49. The summed E-state index contributed by atoms with van der Waals surface area (Å²) in [5.74, 6) is 0.0529. The van der Waals surface area contributed by atoms with E-state index in [-0.39, 0.29) is 17.4 Å². The monoisotopic (exact) mass is 388 g/mol. The molecule has 4 rings (SSSR count). The Morgan fingerprint density at radius 3 is 2.81 bits per heavy atom. The highest BCUT2D eigenvalue weighted by Gasteiger charge is 2.43. The first-order valence-corrected chi connectivity index (χ1v) is 10.1. The van der Waals surface area contributed by atoms with Crippen LogP contribution in [0.3, 0.4) is 0 Å². The van der Waals surface area contributed by atoms with Crippen LogP contribution in [0.15, 0.2) is 18.5 Å². The molecule has 2 aliphatic rings. The van der Waals surface area contributed by atoms with Gasteiger partial charge in [-0.2, -0.15) is 5.10 Å². The molecular formula is C19H24N4O3S. The quantitative estimate of drug-likeness (QED) is 0.870. The second-order valence-electron chi connectivity index (χ2n) is 7.27. The fourth-order valence-corrected chi connectivity index (χ4v) is 5.25. The van der Waals surface area contributed by atoms with E-state index in [1.54, 1.807) is 17.8 Å². The standard InChI is InChI=1S/C19H24N4O3S/c1-13(24)23-6-4-19(5-7-23)17-15(3-8-26-19)9-16(27-17)18(25)20-10-14-11-21-22(2)12-14/h9,11-12H,3-8,10H2,1-2H3,(H,20,25). The topological polar surface area (TPSA) is 76.5 Å². The van der Waals surface area contributed by atoms with Gasteiger partial charge in [-0.3, -0.25) is 14.3 Å². The number of amides is 2. The SMILES string of the molecule is CC(=O)N1CCC2(CC1)OCCc1cc(C(=O)NCc3cnn(C)c3)sc12. The minimum absolute atomic E-state index is 0.0606. The first kappa shape index (κ1) is 18.2. The van der Waals surface area contributed by atoms with Crippen LogP contribution in [0.2, 0.25) is 0 Å². The summed E-state index contributed by atoms with van der Waals surface area (Å²) in [5, 5.41) is 7.09. The molecule has 0 atom stereocenters. The maximum Gasteiger partial charge on any atom is 0.261 e. The van der Waals surface area contributed by atoms with Crippen LogP contribution in [-0.4, -0.2) is 46.2 Å². The number of aromatic nitrogens is 2. The van der Waals surface area contributed by atoms with E-state index >= 15 is 0 Å².